The molecule has 5 heteroatoms. The minimum Gasteiger partial charge on any atom is -0.313 e. The molecule has 0 bridgehead atoms. The highest BCUT2D eigenvalue weighted by atomic mass is 35.5. The van der Waals surface area contributed by atoms with Crippen molar-refractivity contribution in [1.82, 2.24) is 15.1 Å². The Labute approximate surface area is 117 Å². The largest absolute Gasteiger partial charge is 0.313 e. The molecule has 1 aromatic carbocycles. The molecule has 0 fully saturated rings. The van der Waals surface area contributed by atoms with E-state index in [1.165, 1.54) is 12.1 Å². The van der Waals surface area contributed by atoms with Crippen molar-refractivity contribution in [1.29, 1.82) is 0 Å². The smallest absolute Gasteiger partial charge is 0.124 e. The first kappa shape index (κ1) is 14.0. The second-order valence-electron chi connectivity index (χ2n) is 4.46. The van der Waals surface area contributed by atoms with Gasteiger partial charge in [0, 0.05) is 22.8 Å². The Hall–Kier alpha value is -1.39. The predicted molar refractivity (Wildman–Crippen MR) is 74.8 cm³/mol. The van der Waals surface area contributed by atoms with Crippen LogP contribution in [0.4, 0.5) is 4.39 Å². The summed E-state index contributed by atoms with van der Waals surface area (Å²) in [6.07, 6.45) is 4.84. The van der Waals surface area contributed by atoms with Gasteiger partial charge in [-0.25, -0.2) is 4.39 Å². The molecule has 0 radical (unpaired) electrons. The van der Waals surface area contributed by atoms with E-state index in [0.29, 0.717) is 17.6 Å². The molecule has 0 saturated heterocycles. The molecular formula is C14H17ClFN3. The van der Waals surface area contributed by atoms with Gasteiger partial charge in [0.1, 0.15) is 5.82 Å². The van der Waals surface area contributed by atoms with Crippen LogP contribution in [0.2, 0.25) is 5.02 Å². The summed E-state index contributed by atoms with van der Waals surface area (Å²) in [6.45, 7) is 2.66. The van der Waals surface area contributed by atoms with Crippen LogP contribution in [-0.4, -0.2) is 16.8 Å². The number of hydrogen-bond acceptors (Lipinski definition) is 2. The fraction of sp³-hybridized carbons (Fsp3) is 0.357. The van der Waals surface area contributed by atoms with Crippen LogP contribution >= 0.6 is 11.6 Å². The summed E-state index contributed by atoms with van der Waals surface area (Å²) in [5.41, 5.74) is 2.00. The van der Waals surface area contributed by atoms with E-state index in [-0.39, 0.29) is 5.82 Å². The summed E-state index contributed by atoms with van der Waals surface area (Å²) in [4.78, 5) is 0. The monoisotopic (exact) mass is 281 g/mol. The highest BCUT2D eigenvalue weighted by Crippen LogP contribution is 2.20. The lowest BCUT2D eigenvalue weighted by atomic mass is 10.1. The standard InChI is InChI=1S/C14H17ClFN3/c1-3-14(17-2)11-7-18-19(9-11)8-10-4-5-12(16)6-13(10)15/h4-7,9,14,17H,3,8H2,1-2H3. The minimum atomic E-state index is -0.323. The Morgan fingerprint density at radius 2 is 2.26 bits per heavy atom. The van der Waals surface area contributed by atoms with E-state index in [1.807, 2.05) is 24.1 Å². The van der Waals surface area contributed by atoms with Crippen molar-refractivity contribution in [3.63, 3.8) is 0 Å². The van der Waals surface area contributed by atoms with E-state index in [9.17, 15) is 4.39 Å². The van der Waals surface area contributed by atoms with Gasteiger partial charge in [0.25, 0.3) is 0 Å². The molecule has 19 heavy (non-hydrogen) atoms. The Morgan fingerprint density at radius 3 is 2.89 bits per heavy atom. The number of hydrogen-bond donors (Lipinski definition) is 1. The zero-order chi connectivity index (χ0) is 13.8. The normalized spacial score (nSPS) is 12.6. The summed E-state index contributed by atoms with van der Waals surface area (Å²) < 4.78 is 14.8. The third-order valence-electron chi connectivity index (χ3n) is 3.16. The number of aromatic nitrogens is 2. The van der Waals surface area contributed by atoms with Crippen molar-refractivity contribution >= 4 is 11.6 Å². The maximum atomic E-state index is 13.0. The maximum absolute atomic E-state index is 13.0. The van der Waals surface area contributed by atoms with Gasteiger partial charge in [-0.3, -0.25) is 4.68 Å². The van der Waals surface area contributed by atoms with Crippen LogP contribution in [-0.2, 0) is 6.54 Å². The van der Waals surface area contributed by atoms with Crippen molar-refractivity contribution in [2.75, 3.05) is 7.05 Å². The van der Waals surface area contributed by atoms with Gasteiger partial charge in [0.15, 0.2) is 0 Å². The number of rotatable bonds is 5. The van der Waals surface area contributed by atoms with Crippen molar-refractivity contribution in [3.8, 4) is 0 Å². The molecule has 1 N–H and O–H groups in total. The van der Waals surface area contributed by atoms with Crippen LogP contribution in [0, 0.1) is 5.82 Å². The van der Waals surface area contributed by atoms with E-state index in [0.717, 1.165) is 17.5 Å². The lowest BCUT2D eigenvalue weighted by Crippen LogP contribution is -2.14. The molecule has 0 aliphatic carbocycles. The van der Waals surface area contributed by atoms with Crippen LogP contribution < -0.4 is 5.32 Å². The summed E-state index contributed by atoms with van der Waals surface area (Å²) in [5.74, 6) is -0.323. The lowest BCUT2D eigenvalue weighted by molar-refractivity contribution is 0.575. The lowest BCUT2D eigenvalue weighted by Gasteiger charge is -2.10. The fourth-order valence-corrected chi connectivity index (χ4v) is 2.30. The van der Waals surface area contributed by atoms with E-state index in [2.05, 4.69) is 17.3 Å². The number of nitrogens with zero attached hydrogens (tertiary/aromatic N) is 2. The molecule has 1 aromatic heterocycles. The molecule has 3 nitrogen and oxygen atoms in total. The number of benzene rings is 1. The van der Waals surface area contributed by atoms with Crippen LogP contribution in [0.3, 0.4) is 0 Å². The number of halogens is 2. The zero-order valence-electron chi connectivity index (χ0n) is 11.0. The topological polar surface area (TPSA) is 29.9 Å². The second kappa shape index (κ2) is 6.17. The zero-order valence-corrected chi connectivity index (χ0v) is 11.8. The van der Waals surface area contributed by atoms with Crippen molar-refractivity contribution in [2.45, 2.75) is 25.9 Å². The first-order valence-corrected chi connectivity index (χ1v) is 6.65. The van der Waals surface area contributed by atoms with Gasteiger partial charge < -0.3 is 5.32 Å². The molecule has 0 amide bonds. The van der Waals surface area contributed by atoms with Crippen molar-refractivity contribution in [3.05, 3.63) is 52.6 Å². The van der Waals surface area contributed by atoms with Crippen molar-refractivity contribution in [2.24, 2.45) is 0 Å². The molecular weight excluding hydrogens is 265 g/mol. The average molecular weight is 282 g/mol. The highest BCUT2D eigenvalue weighted by molar-refractivity contribution is 6.31. The molecule has 1 heterocycles. The molecule has 0 spiro atoms. The predicted octanol–water partition coefficient (Wildman–Crippen LogP) is 3.39. The van der Waals surface area contributed by atoms with E-state index >= 15 is 0 Å². The van der Waals surface area contributed by atoms with E-state index in [1.54, 1.807) is 6.07 Å². The summed E-state index contributed by atoms with van der Waals surface area (Å²) >= 11 is 6.01. The second-order valence-corrected chi connectivity index (χ2v) is 4.86. The molecule has 2 aromatic rings. The van der Waals surface area contributed by atoms with Gasteiger partial charge in [-0.2, -0.15) is 5.10 Å². The van der Waals surface area contributed by atoms with Gasteiger partial charge >= 0.3 is 0 Å². The first-order chi connectivity index (χ1) is 9.13. The third-order valence-corrected chi connectivity index (χ3v) is 3.51. The molecule has 1 atom stereocenters. The Bertz CT molecular complexity index is 549. The van der Waals surface area contributed by atoms with Gasteiger partial charge in [0.05, 0.1) is 12.7 Å². The molecule has 0 aliphatic heterocycles. The fourth-order valence-electron chi connectivity index (χ4n) is 2.08. The van der Waals surface area contributed by atoms with Gasteiger partial charge in [-0.15, -0.1) is 0 Å². The summed E-state index contributed by atoms with van der Waals surface area (Å²) in [5, 5.41) is 7.98. The Morgan fingerprint density at radius 1 is 1.47 bits per heavy atom. The highest BCUT2D eigenvalue weighted by Gasteiger charge is 2.10. The average Bonchev–Trinajstić information content (AvgIpc) is 2.83. The van der Waals surface area contributed by atoms with Crippen LogP contribution in [0.15, 0.2) is 30.6 Å². The molecule has 1 unspecified atom stereocenters. The SMILES string of the molecule is CCC(NC)c1cnn(Cc2ccc(F)cc2Cl)c1. The van der Waals surface area contributed by atoms with E-state index < -0.39 is 0 Å². The van der Waals surface area contributed by atoms with Gasteiger partial charge in [-0.1, -0.05) is 24.6 Å². The quantitative estimate of drug-likeness (QED) is 0.910. The Kier molecular flexibility index (Phi) is 4.56. The summed E-state index contributed by atoms with van der Waals surface area (Å²) in [6, 6.07) is 4.73. The van der Waals surface area contributed by atoms with Gasteiger partial charge in [-0.05, 0) is 31.2 Å². The number of nitrogens with one attached hydrogen (secondary N) is 1. The first-order valence-electron chi connectivity index (χ1n) is 6.27. The Balaban J connectivity index is 2.15. The minimum absolute atomic E-state index is 0.303. The molecule has 0 saturated carbocycles. The van der Waals surface area contributed by atoms with Crippen LogP contribution in [0.1, 0.15) is 30.5 Å². The van der Waals surface area contributed by atoms with Gasteiger partial charge in [0.2, 0.25) is 0 Å². The van der Waals surface area contributed by atoms with Crippen LogP contribution in [0.5, 0.6) is 0 Å². The van der Waals surface area contributed by atoms with Crippen molar-refractivity contribution < 1.29 is 4.39 Å². The molecule has 2 rings (SSSR count). The maximum Gasteiger partial charge on any atom is 0.124 e. The molecule has 0 aliphatic rings. The summed E-state index contributed by atoms with van der Waals surface area (Å²) in [7, 11) is 1.93. The molecule has 102 valence electrons. The third kappa shape index (κ3) is 3.33. The van der Waals surface area contributed by atoms with E-state index in [4.69, 9.17) is 11.6 Å². The van der Waals surface area contributed by atoms with Crippen LogP contribution in [0.25, 0.3) is 0 Å².